The number of urea groups is 1. The summed E-state index contributed by atoms with van der Waals surface area (Å²) in [5, 5.41) is 0. The van der Waals surface area contributed by atoms with E-state index in [1.807, 2.05) is 25.1 Å². The fraction of sp³-hybridized carbons (Fsp3) is 0.125. The fourth-order valence-electron chi connectivity index (χ4n) is 2.65. The number of hydrogen-bond donors (Lipinski definition) is 0. The minimum absolute atomic E-state index is 0.528. The highest BCUT2D eigenvalue weighted by Crippen LogP contribution is 2.45. The van der Waals surface area contributed by atoms with Crippen LogP contribution in [-0.4, -0.2) is 20.8 Å². The van der Waals surface area contributed by atoms with Crippen molar-refractivity contribution in [2.75, 3.05) is 0 Å². The largest absolute Gasteiger partial charge is 0.358 e. The van der Waals surface area contributed by atoms with E-state index in [1.165, 1.54) is 0 Å². The van der Waals surface area contributed by atoms with Crippen molar-refractivity contribution >= 4 is 35.5 Å². The molecule has 0 spiro atoms. The second kappa shape index (κ2) is 5.30. The van der Waals surface area contributed by atoms with Crippen LogP contribution in [0.25, 0.3) is 0 Å². The van der Waals surface area contributed by atoms with Gasteiger partial charge in [0.25, 0.3) is 5.91 Å². The topological polar surface area (TPSA) is 40.6 Å². The van der Waals surface area contributed by atoms with Crippen LogP contribution in [-0.2, 0) is 10.3 Å². The molecule has 2 aromatic carbocycles. The first-order valence-corrected chi connectivity index (χ1v) is 7.30. The van der Waals surface area contributed by atoms with E-state index in [9.17, 15) is 9.59 Å². The third-order valence-corrected chi connectivity index (χ3v) is 4.48. The molecule has 0 radical (unpaired) electrons. The minimum atomic E-state index is -1.46. The first-order chi connectivity index (χ1) is 10.5. The Morgan fingerprint density at radius 2 is 1.41 bits per heavy atom. The predicted octanol–water partition coefficient (Wildman–Crippen LogP) is 3.81. The molecule has 0 N–H and O–H groups in total. The molecule has 0 aliphatic carbocycles. The average Bonchev–Trinajstić information content (AvgIpc) is 2.71. The lowest BCUT2D eigenvalue weighted by atomic mass is 9.82. The number of aryl methyl sites for hydroxylation is 1. The van der Waals surface area contributed by atoms with E-state index in [4.69, 9.17) is 23.6 Å². The minimum Gasteiger partial charge on any atom is -0.269 e. The van der Waals surface area contributed by atoms with Crippen molar-refractivity contribution in [1.29, 1.82) is 0 Å². The molecule has 1 aliphatic heterocycles. The molecule has 1 aliphatic rings. The third-order valence-electron chi connectivity index (χ3n) is 3.78. The maximum Gasteiger partial charge on any atom is 0.358 e. The number of benzene rings is 2. The molecule has 2 aromatic rings. The van der Waals surface area contributed by atoms with Gasteiger partial charge in [-0.05, 0) is 18.1 Å². The lowest BCUT2D eigenvalue weighted by molar-refractivity contribution is -0.128. The van der Waals surface area contributed by atoms with Crippen molar-refractivity contribution in [2.45, 2.75) is 12.5 Å². The SMILES string of the molecule is Cc1ccc(C2(c3ccccc3)C(=O)N(Cl)C(=O)N2Cl)cc1. The summed E-state index contributed by atoms with van der Waals surface area (Å²) in [5.74, 6) is -0.593. The number of hydrogen-bond acceptors (Lipinski definition) is 2. The number of amides is 3. The molecule has 0 aromatic heterocycles. The number of nitrogens with zero attached hydrogens (tertiary/aromatic N) is 2. The van der Waals surface area contributed by atoms with E-state index in [2.05, 4.69) is 0 Å². The van der Waals surface area contributed by atoms with Gasteiger partial charge in [0.1, 0.15) is 0 Å². The van der Waals surface area contributed by atoms with Gasteiger partial charge in [-0.2, -0.15) is 4.42 Å². The van der Waals surface area contributed by atoms with Gasteiger partial charge in [0, 0.05) is 23.6 Å². The highest BCUT2D eigenvalue weighted by molar-refractivity contribution is 6.39. The van der Waals surface area contributed by atoms with Crippen LogP contribution in [0, 0.1) is 6.92 Å². The molecule has 0 saturated carbocycles. The zero-order valence-corrected chi connectivity index (χ0v) is 13.2. The van der Waals surface area contributed by atoms with Crippen LogP contribution in [0.15, 0.2) is 54.6 Å². The number of halogens is 2. The van der Waals surface area contributed by atoms with Gasteiger partial charge in [0.2, 0.25) is 0 Å². The summed E-state index contributed by atoms with van der Waals surface area (Å²) in [6.45, 7) is 1.94. The van der Waals surface area contributed by atoms with Gasteiger partial charge in [-0.25, -0.2) is 9.21 Å². The summed E-state index contributed by atoms with van der Waals surface area (Å²) in [7, 11) is 0. The molecule has 6 heteroatoms. The summed E-state index contributed by atoms with van der Waals surface area (Å²) < 4.78 is 1.39. The van der Waals surface area contributed by atoms with E-state index in [0.717, 1.165) is 9.98 Å². The molecule has 112 valence electrons. The molecule has 22 heavy (non-hydrogen) atoms. The summed E-state index contributed by atoms with van der Waals surface area (Å²) in [4.78, 5) is 24.9. The first-order valence-electron chi connectivity index (χ1n) is 6.62. The van der Waals surface area contributed by atoms with E-state index < -0.39 is 17.5 Å². The molecule has 1 fully saturated rings. The lowest BCUT2D eigenvalue weighted by Crippen LogP contribution is -2.43. The Morgan fingerprint density at radius 1 is 0.864 bits per heavy atom. The number of imide groups is 1. The molecule has 3 amide bonds. The summed E-state index contributed by atoms with van der Waals surface area (Å²) >= 11 is 12.1. The summed E-state index contributed by atoms with van der Waals surface area (Å²) in [5.41, 5.74) is 0.735. The van der Waals surface area contributed by atoms with Gasteiger partial charge < -0.3 is 0 Å². The summed E-state index contributed by atoms with van der Waals surface area (Å²) in [6, 6.07) is 15.4. The standard InChI is InChI=1S/C16H12Cl2N2O2/c1-11-7-9-13(10-8-11)16(12-5-3-2-4-6-12)14(21)19(17)15(22)20(16)18/h2-10H,1H3. The first kappa shape index (κ1) is 14.9. The highest BCUT2D eigenvalue weighted by Gasteiger charge is 2.59. The zero-order valence-electron chi connectivity index (χ0n) is 11.7. The lowest BCUT2D eigenvalue weighted by Gasteiger charge is -2.31. The van der Waals surface area contributed by atoms with Crippen LogP contribution in [0.3, 0.4) is 0 Å². The van der Waals surface area contributed by atoms with Crippen LogP contribution in [0.2, 0.25) is 0 Å². The molecule has 3 rings (SSSR count). The maximum absolute atomic E-state index is 12.8. The molecule has 1 heterocycles. The molecule has 1 saturated heterocycles. The fourth-order valence-corrected chi connectivity index (χ4v) is 3.23. The predicted molar refractivity (Wildman–Crippen MR) is 84.2 cm³/mol. The average molecular weight is 335 g/mol. The van der Waals surface area contributed by atoms with Crippen LogP contribution < -0.4 is 0 Å². The Bertz CT molecular complexity index is 734. The van der Waals surface area contributed by atoms with Crippen molar-refractivity contribution in [3.8, 4) is 0 Å². The highest BCUT2D eigenvalue weighted by atomic mass is 35.5. The third kappa shape index (κ3) is 1.91. The van der Waals surface area contributed by atoms with E-state index in [-0.39, 0.29) is 0 Å². The summed E-state index contributed by atoms with van der Waals surface area (Å²) in [6.07, 6.45) is 0. The monoisotopic (exact) mass is 334 g/mol. The van der Waals surface area contributed by atoms with Gasteiger partial charge >= 0.3 is 6.03 Å². The molecule has 1 unspecified atom stereocenters. The van der Waals surface area contributed by atoms with Gasteiger partial charge in [0.05, 0.1) is 0 Å². The van der Waals surface area contributed by atoms with Crippen molar-refractivity contribution in [3.05, 3.63) is 71.3 Å². The van der Waals surface area contributed by atoms with Crippen molar-refractivity contribution in [3.63, 3.8) is 0 Å². The van der Waals surface area contributed by atoms with Crippen LogP contribution in [0.5, 0.6) is 0 Å². The Balaban J connectivity index is 2.31. The Labute approximate surface area is 138 Å². The smallest absolute Gasteiger partial charge is 0.269 e. The molecular formula is C16H12Cl2N2O2. The number of carbonyl (C=O) groups excluding carboxylic acids is 2. The van der Waals surface area contributed by atoms with E-state index in [0.29, 0.717) is 15.5 Å². The molecule has 0 bridgehead atoms. The van der Waals surface area contributed by atoms with Gasteiger partial charge in [0.15, 0.2) is 5.54 Å². The van der Waals surface area contributed by atoms with Crippen molar-refractivity contribution in [2.24, 2.45) is 0 Å². The number of rotatable bonds is 2. The molecule has 4 nitrogen and oxygen atoms in total. The second-order valence-electron chi connectivity index (χ2n) is 5.09. The van der Waals surface area contributed by atoms with Gasteiger partial charge in [-0.3, -0.25) is 4.79 Å². The van der Waals surface area contributed by atoms with E-state index >= 15 is 0 Å². The van der Waals surface area contributed by atoms with Crippen molar-refractivity contribution < 1.29 is 9.59 Å². The van der Waals surface area contributed by atoms with Gasteiger partial charge in [-0.15, -0.1) is 0 Å². The normalized spacial score (nSPS) is 21.6. The Morgan fingerprint density at radius 3 is 1.91 bits per heavy atom. The quantitative estimate of drug-likeness (QED) is 0.618. The number of carbonyl (C=O) groups is 2. The Kier molecular flexibility index (Phi) is 3.59. The van der Waals surface area contributed by atoms with Crippen LogP contribution in [0.1, 0.15) is 16.7 Å². The Hall–Kier alpha value is -2.04. The van der Waals surface area contributed by atoms with E-state index in [1.54, 1.807) is 36.4 Å². The van der Waals surface area contributed by atoms with Gasteiger partial charge in [-0.1, -0.05) is 60.2 Å². The molecular weight excluding hydrogens is 323 g/mol. The van der Waals surface area contributed by atoms with Crippen LogP contribution >= 0.6 is 23.6 Å². The molecule has 1 atom stereocenters. The second-order valence-corrected chi connectivity index (χ2v) is 5.77. The van der Waals surface area contributed by atoms with Crippen LogP contribution in [0.4, 0.5) is 4.79 Å². The zero-order chi connectivity index (χ0) is 15.9. The van der Waals surface area contributed by atoms with Crippen molar-refractivity contribution in [1.82, 2.24) is 8.84 Å². The maximum atomic E-state index is 12.8.